The monoisotopic (exact) mass is 431 g/mol. The van der Waals surface area contributed by atoms with E-state index in [1.807, 2.05) is 54.6 Å². The Morgan fingerprint density at radius 2 is 1.50 bits per heavy atom. The summed E-state index contributed by atoms with van der Waals surface area (Å²) < 4.78 is 5.81. The molecular formula is C25H25N3O4. The van der Waals surface area contributed by atoms with Crippen molar-refractivity contribution in [2.45, 2.75) is 19.1 Å². The fraction of sp³-hybridized carbons (Fsp3) is 0.160. The van der Waals surface area contributed by atoms with Crippen LogP contribution in [-0.2, 0) is 22.6 Å². The number of hydrogen-bond donors (Lipinski definition) is 3. The summed E-state index contributed by atoms with van der Waals surface area (Å²) in [5, 5.41) is 5.11. The summed E-state index contributed by atoms with van der Waals surface area (Å²) in [5.74, 6) is -0.895. The second kappa shape index (κ2) is 11.3. The number of ether oxygens (including phenoxy) is 1. The van der Waals surface area contributed by atoms with E-state index in [4.69, 9.17) is 10.5 Å². The van der Waals surface area contributed by atoms with Gasteiger partial charge in [0.1, 0.15) is 18.4 Å². The molecule has 32 heavy (non-hydrogen) atoms. The van der Waals surface area contributed by atoms with Crippen molar-refractivity contribution < 1.29 is 19.1 Å². The molecule has 0 saturated carbocycles. The van der Waals surface area contributed by atoms with Gasteiger partial charge >= 0.3 is 0 Å². The van der Waals surface area contributed by atoms with Gasteiger partial charge in [0, 0.05) is 12.0 Å². The van der Waals surface area contributed by atoms with E-state index in [1.54, 1.807) is 30.3 Å². The molecule has 7 nitrogen and oxygen atoms in total. The van der Waals surface area contributed by atoms with Gasteiger partial charge in [-0.2, -0.15) is 0 Å². The molecule has 0 spiro atoms. The number of nitrogens with two attached hydrogens (primary N) is 1. The van der Waals surface area contributed by atoms with E-state index in [1.165, 1.54) is 0 Å². The Kier molecular flexibility index (Phi) is 7.97. The van der Waals surface area contributed by atoms with Crippen LogP contribution in [0, 0.1) is 0 Å². The second-order valence-electron chi connectivity index (χ2n) is 7.20. The van der Waals surface area contributed by atoms with Gasteiger partial charge in [-0.1, -0.05) is 60.7 Å². The van der Waals surface area contributed by atoms with E-state index in [-0.39, 0.29) is 18.9 Å². The lowest BCUT2D eigenvalue weighted by molar-refractivity contribution is -0.126. The van der Waals surface area contributed by atoms with Crippen molar-refractivity contribution in [2.75, 3.05) is 6.54 Å². The van der Waals surface area contributed by atoms with E-state index in [2.05, 4.69) is 10.6 Å². The summed E-state index contributed by atoms with van der Waals surface area (Å²) in [7, 11) is 0. The van der Waals surface area contributed by atoms with Gasteiger partial charge in [0.25, 0.3) is 5.91 Å². The van der Waals surface area contributed by atoms with Crippen LogP contribution in [0.5, 0.6) is 5.75 Å². The minimum atomic E-state index is -0.916. The maximum Gasteiger partial charge on any atom is 0.251 e. The van der Waals surface area contributed by atoms with Crippen LogP contribution < -0.4 is 21.1 Å². The molecule has 3 rings (SSSR count). The van der Waals surface area contributed by atoms with Crippen molar-refractivity contribution in [3.8, 4) is 5.75 Å². The number of nitrogens with one attached hydrogen (secondary N) is 2. The summed E-state index contributed by atoms with van der Waals surface area (Å²) in [6.45, 7) is 0.152. The highest BCUT2D eigenvalue weighted by molar-refractivity contribution is 5.97. The molecule has 0 aliphatic carbocycles. The predicted octanol–water partition coefficient (Wildman–Crippen LogP) is 2.21. The van der Waals surface area contributed by atoms with Gasteiger partial charge in [-0.25, -0.2) is 0 Å². The number of primary amides is 1. The summed E-state index contributed by atoms with van der Waals surface area (Å²) in [4.78, 5) is 36.2. The fourth-order valence-electron chi connectivity index (χ4n) is 3.06. The first-order valence-electron chi connectivity index (χ1n) is 10.2. The van der Waals surface area contributed by atoms with Crippen LogP contribution in [0.4, 0.5) is 0 Å². The highest BCUT2D eigenvalue weighted by Gasteiger charge is 2.19. The second-order valence-corrected chi connectivity index (χ2v) is 7.20. The van der Waals surface area contributed by atoms with E-state index in [9.17, 15) is 14.4 Å². The van der Waals surface area contributed by atoms with Gasteiger partial charge in [-0.3, -0.25) is 14.4 Å². The first-order valence-corrected chi connectivity index (χ1v) is 10.2. The average Bonchev–Trinajstić information content (AvgIpc) is 2.82. The van der Waals surface area contributed by atoms with Crippen LogP contribution in [0.3, 0.4) is 0 Å². The summed E-state index contributed by atoms with van der Waals surface area (Å²) >= 11 is 0. The van der Waals surface area contributed by atoms with Crippen LogP contribution in [0.25, 0.3) is 0 Å². The molecule has 0 bridgehead atoms. The Hall–Kier alpha value is -4.13. The number of benzene rings is 3. The molecule has 164 valence electrons. The highest BCUT2D eigenvalue weighted by Crippen LogP contribution is 2.16. The molecule has 0 unspecified atom stereocenters. The van der Waals surface area contributed by atoms with E-state index in [0.29, 0.717) is 17.9 Å². The lowest BCUT2D eigenvalue weighted by Gasteiger charge is -2.16. The Morgan fingerprint density at radius 1 is 0.844 bits per heavy atom. The molecule has 0 aliphatic rings. The number of amides is 3. The van der Waals surface area contributed by atoms with Gasteiger partial charge in [0.05, 0.1) is 6.54 Å². The number of rotatable bonds is 10. The standard InChI is InChI=1S/C25H25N3O4/c26-24(30)22(28-23(29)16-27-25(31)20-11-5-2-6-12-20)15-19-10-7-13-21(14-19)32-17-18-8-3-1-4-9-18/h1-14,22H,15-17H2,(H2,26,30)(H,27,31)(H,28,29)/t22-/m0/s1. The zero-order chi connectivity index (χ0) is 22.8. The first-order chi connectivity index (χ1) is 15.5. The van der Waals surface area contributed by atoms with Gasteiger partial charge in [-0.15, -0.1) is 0 Å². The molecule has 0 aromatic heterocycles. The van der Waals surface area contributed by atoms with Crippen molar-refractivity contribution >= 4 is 17.7 Å². The SMILES string of the molecule is NC(=O)[C@H](Cc1cccc(OCc2ccccc2)c1)NC(=O)CNC(=O)c1ccccc1. The van der Waals surface area contributed by atoms with Crippen LogP contribution in [0.2, 0.25) is 0 Å². The maximum absolute atomic E-state index is 12.3. The molecule has 0 fully saturated rings. The van der Waals surface area contributed by atoms with Crippen LogP contribution in [0.15, 0.2) is 84.9 Å². The van der Waals surface area contributed by atoms with Gasteiger partial charge in [0.2, 0.25) is 11.8 Å². The predicted molar refractivity (Wildman–Crippen MR) is 121 cm³/mol. The number of carbonyl (C=O) groups excluding carboxylic acids is 3. The first kappa shape index (κ1) is 22.6. The third-order valence-corrected chi connectivity index (χ3v) is 4.71. The van der Waals surface area contributed by atoms with Crippen molar-refractivity contribution in [1.29, 1.82) is 0 Å². The van der Waals surface area contributed by atoms with Crippen molar-refractivity contribution in [2.24, 2.45) is 5.73 Å². The number of carbonyl (C=O) groups is 3. The van der Waals surface area contributed by atoms with E-state index in [0.717, 1.165) is 11.1 Å². The summed E-state index contributed by atoms with van der Waals surface area (Å²) in [6.07, 6.45) is 0.205. The average molecular weight is 431 g/mol. The minimum Gasteiger partial charge on any atom is -0.489 e. The molecule has 0 aliphatic heterocycles. The molecule has 0 heterocycles. The van der Waals surface area contributed by atoms with Gasteiger partial charge in [-0.05, 0) is 35.4 Å². The van der Waals surface area contributed by atoms with Crippen LogP contribution in [-0.4, -0.2) is 30.3 Å². The Bertz CT molecular complexity index is 1060. The molecule has 7 heteroatoms. The fourth-order valence-corrected chi connectivity index (χ4v) is 3.06. The Morgan fingerprint density at radius 3 is 2.19 bits per heavy atom. The zero-order valence-electron chi connectivity index (χ0n) is 17.5. The Balaban J connectivity index is 1.53. The van der Waals surface area contributed by atoms with Crippen molar-refractivity contribution in [3.63, 3.8) is 0 Å². The molecule has 4 N–H and O–H groups in total. The van der Waals surface area contributed by atoms with Crippen LogP contribution >= 0.6 is 0 Å². The third-order valence-electron chi connectivity index (χ3n) is 4.71. The lowest BCUT2D eigenvalue weighted by Crippen LogP contribution is -2.49. The van der Waals surface area contributed by atoms with E-state index < -0.39 is 17.9 Å². The lowest BCUT2D eigenvalue weighted by atomic mass is 10.0. The minimum absolute atomic E-state index is 0.205. The largest absolute Gasteiger partial charge is 0.489 e. The van der Waals surface area contributed by atoms with E-state index >= 15 is 0 Å². The Labute approximate surface area is 186 Å². The van der Waals surface area contributed by atoms with Crippen molar-refractivity contribution in [3.05, 3.63) is 102 Å². The summed E-state index contributed by atoms with van der Waals surface area (Å²) in [6, 6.07) is 24.7. The molecule has 3 aromatic rings. The smallest absolute Gasteiger partial charge is 0.251 e. The molecular weight excluding hydrogens is 406 g/mol. The molecule has 0 radical (unpaired) electrons. The quantitative estimate of drug-likeness (QED) is 0.457. The maximum atomic E-state index is 12.3. The molecule has 3 amide bonds. The van der Waals surface area contributed by atoms with Crippen LogP contribution in [0.1, 0.15) is 21.5 Å². The number of hydrogen-bond acceptors (Lipinski definition) is 4. The molecule has 1 atom stereocenters. The summed E-state index contributed by atoms with van der Waals surface area (Å²) in [5.41, 5.74) is 7.75. The zero-order valence-corrected chi connectivity index (χ0v) is 17.5. The van der Waals surface area contributed by atoms with Gasteiger partial charge in [0.15, 0.2) is 0 Å². The normalized spacial score (nSPS) is 11.2. The topological polar surface area (TPSA) is 111 Å². The molecule has 3 aromatic carbocycles. The molecule has 0 saturated heterocycles. The third kappa shape index (κ3) is 6.98. The van der Waals surface area contributed by atoms with Crippen molar-refractivity contribution in [1.82, 2.24) is 10.6 Å². The van der Waals surface area contributed by atoms with Gasteiger partial charge < -0.3 is 21.1 Å². The highest BCUT2D eigenvalue weighted by atomic mass is 16.5.